The van der Waals surface area contributed by atoms with Crippen molar-refractivity contribution < 1.29 is 4.42 Å². The van der Waals surface area contributed by atoms with Gasteiger partial charge in [-0.05, 0) is 30.5 Å². The molecule has 0 bridgehead atoms. The number of fused-ring (bicyclic) bond motifs is 1. The normalized spacial score (nSPS) is 18.1. The fraction of sp³-hybridized carbons (Fsp3) is 0.222. The molecule has 0 aliphatic heterocycles. The monoisotopic (exact) mass is 263 g/mol. The summed E-state index contributed by atoms with van der Waals surface area (Å²) >= 11 is 0. The Hall–Kier alpha value is -2.06. The van der Waals surface area contributed by atoms with Gasteiger partial charge in [-0.2, -0.15) is 0 Å². The van der Waals surface area contributed by atoms with Crippen molar-refractivity contribution in [2.45, 2.75) is 24.3 Å². The molecule has 1 aliphatic carbocycles. The molecular weight excluding hydrogens is 246 g/mol. The lowest BCUT2D eigenvalue weighted by Crippen LogP contribution is -2.25. The summed E-state index contributed by atoms with van der Waals surface area (Å²) in [5.74, 6) is 0.896. The second-order valence-electron chi connectivity index (χ2n) is 5.69. The molecule has 3 aromatic rings. The molecular formula is C18H17NO. The smallest absolute Gasteiger partial charge is 0.134 e. The van der Waals surface area contributed by atoms with Gasteiger partial charge in [0.2, 0.25) is 0 Å². The number of benzene rings is 2. The van der Waals surface area contributed by atoms with Crippen LogP contribution in [0.5, 0.6) is 0 Å². The Morgan fingerprint density at radius 1 is 0.950 bits per heavy atom. The maximum absolute atomic E-state index is 6.54. The average molecular weight is 263 g/mol. The number of furan rings is 1. The number of nitrogens with two attached hydrogens (primary N) is 1. The summed E-state index contributed by atoms with van der Waals surface area (Å²) in [6.45, 7) is 0. The van der Waals surface area contributed by atoms with Gasteiger partial charge < -0.3 is 10.2 Å². The van der Waals surface area contributed by atoms with Crippen molar-refractivity contribution in [1.82, 2.24) is 0 Å². The Morgan fingerprint density at radius 2 is 1.65 bits per heavy atom. The predicted octanol–water partition coefficient (Wildman–Crippen LogP) is 4.16. The van der Waals surface area contributed by atoms with E-state index in [2.05, 4.69) is 36.4 Å². The average Bonchev–Trinajstić information content (AvgIpc) is 3.20. The zero-order chi connectivity index (χ0) is 13.6. The van der Waals surface area contributed by atoms with Crippen molar-refractivity contribution in [3.8, 4) is 0 Å². The molecule has 100 valence electrons. The van der Waals surface area contributed by atoms with Crippen molar-refractivity contribution in [2.24, 2.45) is 5.73 Å². The summed E-state index contributed by atoms with van der Waals surface area (Å²) < 4.78 is 5.95. The third kappa shape index (κ3) is 1.69. The molecule has 4 rings (SSSR count). The van der Waals surface area contributed by atoms with E-state index in [0.717, 1.165) is 29.6 Å². The molecule has 1 aliphatic rings. The minimum Gasteiger partial charge on any atom is -0.459 e. The largest absolute Gasteiger partial charge is 0.459 e. The van der Waals surface area contributed by atoms with Crippen LogP contribution in [0.1, 0.15) is 30.2 Å². The van der Waals surface area contributed by atoms with Crippen molar-refractivity contribution in [3.63, 3.8) is 0 Å². The van der Waals surface area contributed by atoms with Gasteiger partial charge in [0.05, 0.1) is 6.04 Å². The summed E-state index contributed by atoms with van der Waals surface area (Å²) in [6, 6.07) is 20.7. The van der Waals surface area contributed by atoms with E-state index in [1.54, 1.807) is 0 Å². The van der Waals surface area contributed by atoms with Crippen LogP contribution in [0.3, 0.4) is 0 Å². The molecule has 1 aromatic heterocycles. The quantitative estimate of drug-likeness (QED) is 0.770. The van der Waals surface area contributed by atoms with Crippen molar-refractivity contribution in [2.75, 3.05) is 0 Å². The van der Waals surface area contributed by atoms with E-state index in [9.17, 15) is 0 Å². The Morgan fingerprint density at radius 3 is 2.35 bits per heavy atom. The second-order valence-corrected chi connectivity index (χ2v) is 5.69. The molecule has 1 heterocycles. The van der Waals surface area contributed by atoms with E-state index in [-0.39, 0.29) is 11.5 Å². The van der Waals surface area contributed by atoms with Crippen LogP contribution in [0.4, 0.5) is 0 Å². The molecule has 1 fully saturated rings. The van der Waals surface area contributed by atoms with Crippen molar-refractivity contribution >= 4 is 11.0 Å². The van der Waals surface area contributed by atoms with Crippen LogP contribution >= 0.6 is 0 Å². The number of hydrogen-bond donors (Lipinski definition) is 1. The second kappa shape index (κ2) is 4.22. The number of para-hydroxylation sites is 1. The fourth-order valence-electron chi connectivity index (χ4n) is 3.11. The molecule has 0 amide bonds. The highest BCUT2D eigenvalue weighted by Crippen LogP contribution is 2.55. The van der Waals surface area contributed by atoms with Crippen LogP contribution < -0.4 is 5.73 Å². The van der Waals surface area contributed by atoms with E-state index >= 15 is 0 Å². The van der Waals surface area contributed by atoms with Crippen molar-refractivity contribution in [1.29, 1.82) is 0 Å². The molecule has 2 aromatic carbocycles. The molecule has 0 saturated heterocycles. The Bertz CT molecular complexity index is 707. The highest BCUT2D eigenvalue weighted by molar-refractivity contribution is 5.77. The minimum absolute atomic E-state index is 0.0646. The molecule has 0 spiro atoms. The van der Waals surface area contributed by atoms with Crippen LogP contribution in [-0.2, 0) is 5.41 Å². The van der Waals surface area contributed by atoms with E-state index in [1.807, 2.05) is 24.3 Å². The van der Waals surface area contributed by atoms with E-state index < -0.39 is 0 Å². The lowest BCUT2D eigenvalue weighted by atomic mass is 9.87. The lowest BCUT2D eigenvalue weighted by Gasteiger charge is -2.22. The van der Waals surface area contributed by atoms with Gasteiger partial charge in [0.15, 0.2) is 0 Å². The first kappa shape index (κ1) is 11.7. The van der Waals surface area contributed by atoms with Crippen LogP contribution in [-0.4, -0.2) is 0 Å². The van der Waals surface area contributed by atoms with Crippen LogP contribution in [0.2, 0.25) is 0 Å². The van der Waals surface area contributed by atoms with E-state index in [1.165, 1.54) is 5.56 Å². The fourth-order valence-corrected chi connectivity index (χ4v) is 3.11. The zero-order valence-corrected chi connectivity index (χ0v) is 11.3. The molecule has 1 saturated carbocycles. The first-order chi connectivity index (χ1) is 9.79. The number of hydrogen-bond acceptors (Lipinski definition) is 2. The Kier molecular flexibility index (Phi) is 2.48. The van der Waals surface area contributed by atoms with Crippen LogP contribution in [0, 0.1) is 0 Å². The topological polar surface area (TPSA) is 39.2 Å². The Balaban J connectivity index is 1.75. The predicted molar refractivity (Wildman–Crippen MR) is 80.5 cm³/mol. The maximum Gasteiger partial charge on any atom is 0.134 e. The summed E-state index contributed by atoms with van der Waals surface area (Å²) in [5.41, 5.74) is 8.85. The molecule has 1 atom stereocenters. The van der Waals surface area contributed by atoms with E-state index in [4.69, 9.17) is 10.2 Å². The van der Waals surface area contributed by atoms with Gasteiger partial charge in [-0.25, -0.2) is 0 Å². The third-order valence-corrected chi connectivity index (χ3v) is 4.48. The van der Waals surface area contributed by atoms with Crippen molar-refractivity contribution in [3.05, 3.63) is 72.0 Å². The van der Waals surface area contributed by atoms with Gasteiger partial charge in [-0.3, -0.25) is 0 Å². The number of rotatable bonds is 3. The molecule has 2 nitrogen and oxygen atoms in total. The lowest BCUT2D eigenvalue weighted by molar-refractivity contribution is 0.431. The standard InChI is InChI=1S/C18H17NO/c19-17(16-12-13-6-4-5-9-15(13)20-16)18(10-11-18)14-7-2-1-3-8-14/h1-9,12,17H,10-11,19H2. The summed E-state index contributed by atoms with van der Waals surface area (Å²) in [5, 5.41) is 1.13. The van der Waals surface area contributed by atoms with Gasteiger partial charge in [0.1, 0.15) is 11.3 Å². The first-order valence-electron chi connectivity index (χ1n) is 7.09. The maximum atomic E-state index is 6.54. The third-order valence-electron chi connectivity index (χ3n) is 4.48. The Labute approximate surface area is 118 Å². The molecule has 20 heavy (non-hydrogen) atoms. The molecule has 1 unspecified atom stereocenters. The van der Waals surface area contributed by atoms with Gasteiger partial charge >= 0.3 is 0 Å². The summed E-state index contributed by atoms with van der Waals surface area (Å²) in [7, 11) is 0. The van der Waals surface area contributed by atoms with Gasteiger partial charge in [0.25, 0.3) is 0 Å². The summed E-state index contributed by atoms with van der Waals surface area (Å²) in [6.07, 6.45) is 2.27. The first-order valence-corrected chi connectivity index (χ1v) is 7.09. The molecule has 2 heteroatoms. The molecule has 2 N–H and O–H groups in total. The van der Waals surface area contributed by atoms with Gasteiger partial charge in [0, 0.05) is 10.8 Å². The minimum atomic E-state index is -0.0719. The highest BCUT2D eigenvalue weighted by Gasteiger charge is 2.50. The SMILES string of the molecule is NC(c1cc2ccccc2o1)C1(c2ccccc2)CC1. The zero-order valence-electron chi connectivity index (χ0n) is 11.3. The van der Waals surface area contributed by atoms with Gasteiger partial charge in [-0.15, -0.1) is 0 Å². The summed E-state index contributed by atoms with van der Waals surface area (Å²) in [4.78, 5) is 0. The van der Waals surface area contributed by atoms with Crippen LogP contribution in [0.25, 0.3) is 11.0 Å². The highest BCUT2D eigenvalue weighted by atomic mass is 16.3. The van der Waals surface area contributed by atoms with E-state index in [0.29, 0.717) is 0 Å². The molecule has 0 radical (unpaired) electrons. The van der Waals surface area contributed by atoms with Gasteiger partial charge in [-0.1, -0.05) is 48.5 Å². The van der Waals surface area contributed by atoms with Crippen LogP contribution in [0.15, 0.2) is 65.1 Å².